The SMILES string of the molecule is COc1ccccc1OCc1ccc(C(=O)NCCCOCC(C)C)o1. The van der Waals surface area contributed by atoms with Gasteiger partial charge in [-0.05, 0) is 36.6 Å². The van der Waals surface area contributed by atoms with E-state index in [2.05, 4.69) is 19.2 Å². The Morgan fingerprint density at radius 2 is 1.92 bits per heavy atom. The van der Waals surface area contributed by atoms with E-state index in [-0.39, 0.29) is 18.3 Å². The van der Waals surface area contributed by atoms with Crippen LogP contribution in [0.3, 0.4) is 0 Å². The first-order valence-corrected chi connectivity index (χ1v) is 8.80. The lowest BCUT2D eigenvalue weighted by Crippen LogP contribution is -2.25. The number of hydrogen-bond donors (Lipinski definition) is 1. The molecule has 1 heterocycles. The highest BCUT2D eigenvalue weighted by Crippen LogP contribution is 2.26. The molecule has 2 aromatic rings. The zero-order chi connectivity index (χ0) is 18.8. The van der Waals surface area contributed by atoms with Gasteiger partial charge in [-0.15, -0.1) is 0 Å². The first-order valence-electron chi connectivity index (χ1n) is 8.80. The fraction of sp³-hybridized carbons (Fsp3) is 0.450. The largest absolute Gasteiger partial charge is 0.493 e. The molecule has 0 saturated heterocycles. The molecule has 0 radical (unpaired) electrons. The molecule has 0 fully saturated rings. The Morgan fingerprint density at radius 3 is 2.65 bits per heavy atom. The molecule has 0 unspecified atom stereocenters. The van der Waals surface area contributed by atoms with Crippen molar-refractivity contribution in [1.82, 2.24) is 5.32 Å². The maximum absolute atomic E-state index is 12.1. The molecule has 1 aromatic carbocycles. The van der Waals surface area contributed by atoms with E-state index in [1.165, 1.54) is 0 Å². The van der Waals surface area contributed by atoms with E-state index in [1.807, 2.05) is 24.3 Å². The Morgan fingerprint density at radius 1 is 1.15 bits per heavy atom. The van der Waals surface area contributed by atoms with Crippen LogP contribution in [-0.4, -0.2) is 32.8 Å². The summed E-state index contributed by atoms with van der Waals surface area (Å²) in [5, 5.41) is 2.82. The Bertz CT molecular complexity index is 680. The highest BCUT2D eigenvalue weighted by atomic mass is 16.5. The standard InChI is InChI=1S/C20H27NO5/c1-15(2)13-24-12-6-11-21-20(22)19-10-9-16(26-19)14-25-18-8-5-4-7-17(18)23-3/h4-5,7-10,15H,6,11-14H2,1-3H3,(H,21,22). The van der Waals surface area contributed by atoms with Gasteiger partial charge < -0.3 is 23.9 Å². The van der Waals surface area contributed by atoms with E-state index in [4.69, 9.17) is 18.6 Å². The number of ether oxygens (including phenoxy) is 3. The lowest BCUT2D eigenvalue weighted by atomic mass is 10.2. The Labute approximate surface area is 154 Å². The van der Waals surface area contributed by atoms with Crippen molar-refractivity contribution >= 4 is 5.91 Å². The third-order valence-corrected chi connectivity index (χ3v) is 3.53. The van der Waals surface area contributed by atoms with Crippen molar-refractivity contribution < 1.29 is 23.4 Å². The van der Waals surface area contributed by atoms with Gasteiger partial charge >= 0.3 is 0 Å². The first kappa shape index (κ1) is 19.8. The van der Waals surface area contributed by atoms with Crippen LogP contribution in [0.4, 0.5) is 0 Å². The molecule has 142 valence electrons. The average Bonchev–Trinajstić information content (AvgIpc) is 3.11. The predicted octanol–water partition coefficient (Wildman–Crippen LogP) is 3.66. The van der Waals surface area contributed by atoms with Crippen LogP contribution in [0.5, 0.6) is 11.5 Å². The molecule has 2 rings (SSSR count). The number of carbonyl (C=O) groups excluding carboxylic acids is 1. The van der Waals surface area contributed by atoms with Crippen molar-refractivity contribution in [2.75, 3.05) is 26.9 Å². The Hall–Kier alpha value is -2.47. The molecule has 0 aliphatic rings. The lowest BCUT2D eigenvalue weighted by molar-refractivity contribution is 0.0896. The van der Waals surface area contributed by atoms with Crippen LogP contribution in [0.15, 0.2) is 40.8 Å². The third kappa shape index (κ3) is 6.44. The average molecular weight is 361 g/mol. The number of amides is 1. The number of carbonyl (C=O) groups is 1. The summed E-state index contributed by atoms with van der Waals surface area (Å²) >= 11 is 0. The van der Waals surface area contributed by atoms with Gasteiger partial charge in [0, 0.05) is 19.8 Å². The number of hydrogen-bond acceptors (Lipinski definition) is 5. The molecule has 0 saturated carbocycles. The molecular formula is C20H27NO5. The minimum Gasteiger partial charge on any atom is -0.493 e. The van der Waals surface area contributed by atoms with Crippen LogP contribution in [0.2, 0.25) is 0 Å². The monoisotopic (exact) mass is 361 g/mol. The summed E-state index contributed by atoms with van der Waals surface area (Å²) in [4.78, 5) is 12.1. The summed E-state index contributed by atoms with van der Waals surface area (Å²) in [6.07, 6.45) is 0.767. The lowest BCUT2D eigenvalue weighted by Gasteiger charge is -2.09. The molecule has 0 aliphatic heterocycles. The van der Waals surface area contributed by atoms with Crippen LogP contribution in [0, 0.1) is 5.92 Å². The molecule has 6 heteroatoms. The van der Waals surface area contributed by atoms with Gasteiger partial charge in [-0.3, -0.25) is 4.79 Å². The number of para-hydroxylation sites is 2. The van der Waals surface area contributed by atoms with Gasteiger partial charge in [0.05, 0.1) is 7.11 Å². The van der Waals surface area contributed by atoms with E-state index in [0.29, 0.717) is 36.3 Å². The Kier molecular flexibility index (Phi) is 8.02. The molecule has 0 aliphatic carbocycles. The predicted molar refractivity (Wildman–Crippen MR) is 98.6 cm³/mol. The van der Waals surface area contributed by atoms with Gasteiger partial charge in [-0.1, -0.05) is 26.0 Å². The molecule has 1 amide bonds. The summed E-state index contributed by atoms with van der Waals surface area (Å²) in [6, 6.07) is 10.7. The molecule has 0 spiro atoms. The van der Waals surface area contributed by atoms with Crippen molar-refractivity contribution in [1.29, 1.82) is 0 Å². The quantitative estimate of drug-likeness (QED) is 0.619. The molecule has 6 nitrogen and oxygen atoms in total. The van der Waals surface area contributed by atoms with Crippen LogP contribution in [0.25, 0.3) is 0 Å². The van der Waals surface area contributed by atoms with E-state index >= 15 is 0 Å². The van der Waals surface area contributed by atoms with Crippen molar-refractivity contribution in [3.8, 4) is 11.5 Å². The van der Waals surface area contributed by atoms with Gasteiger partial charge in [-0.2, -0.15) is 0 Å². The zero-order valence-electron chi connectivity index (χ0n) is 15.6. The van der Waals surface area contributed by atoms with Crippen LogP contribution in [-0.2, 0) is 11.3 Å². The van der Waals surface area contributed by atoms with Crippen molar-refractivity contribution in [2.24, 2.45) is 5.92 Å². The Balaban J connectivity index is 1.73. The molecule has 0 bridgehead atoms. The normalized spacial score (nSPS) is 10.8. The van der Waals surface area contributed by atoms with Crippen LogP contribution in [0.1, 0.15) is 36.6 Å². The van der Waals surface area contributed by atoms with Gasteiger partial charge in [0.1, 0.15) is 12.4 Å². The third-order valence-electron chi connectivity index (χ3n) is 3.53. The molecule has 1 aromatic heterocycles. The molecular weight excluding hydrogens is 334 g/mol. The van der Waals surface area contributed by atoms with Crippen LogP contribution >= 0.6 is 0 Å². The highest BCUT2D eigenvalue weighted by Gasteiger charge is 2.11. The summed E-state index contributed by atoms with van der Waals surface area (Å²) in [5.41, 5.74) is 0. The van der Waals surface area contributed by atoms with E-state index in [1.54, 1.807) is 19.2 Å². The van der Waals surface area contributed by atoms with E-state index < -0.39 is 0 Å². The number of nitrogens with one attached hydrogen (secondary N) is 1. The van der Waals surface area contributed by atoms with Crippen molar-refractivity contribution in [3.05, 3.63) is 47.9 Å². The number of methoxy groups -OCH3 is 1. The highest BCUT2D eigenvalue weighted by molar-refractivity contribution is 5.91. The fourth-order valence-corrected chi connectivity index (χ4v) is 2.25. The summed E-state index contributed by atoms with van der Waals surface area (Å²) in [5.74, 6) is 2.39. The van der Waals surface area contributed by atoms with Gasteiger partial charge in [0.2, 0.25) is 0 Å². The summed E-state index contributed by atoms with van der Waals surface area (Å²) in [7, 11) is 1.59. The fourth-order valence-electron chi connectivity index (χ4n) is 2.25. The second-order valence-electron chi connectivity index (χ2n) is 6.28. The van der Waals surface area contributed by atoms with Gasteiger partial charge in [0.25, 0.3) is 5.91 Å². The smallest absolute Gasteiger partial charge is 0.286 e. The van der Waals surface area contributed by atoms with Crippen LogP contribution < -0.4 is 14.8 Å². The molecule has 0 atom stereocenters. The first-order chi connectivity index (χ1) is 12.6. The van der Waals surface area contributed by atoms with E-state index in [0.717, 1.165) is 13.0 Å². The summed E-state index contributed by atoms with van der Waals surface area (Å²) < 4.78 is 21.9. The number of benzene rings is 1. The number of furan rings is 1. The maximum Gasteiger partial charge on any atom is 0.286 e. The maximum atomic E-state index is 12.1. The second kappa shape index (κ2) is 10.5. The zero-order valence-corrected chi connectivity index (χ0v) is 15.6. The minimum absolute atomic E-state index is 0.219. The van der Waals surface area contributed by atoms with Crippen molar-refractivity contribution in [2.45, 2.75) is 26.9 Å². The molecule has 26 heavy (non-hydrogen) atoms. The van der Waals surface area contributed by atoms with Crippen molar-refractivity contribution in [3.63, 3.8) is 0 Å². The van der Waals surface area contributed by atoms with E-state index in [9.17, 15) is 4.79 Å². The topological polar surface area (TPSA) is 69.9 Å². The summed E-state index contributed by atoms with van der Waals surface area (Å²) in [6.45, 7) is 6.35. The molecule has 1 N–H and O–H groups in total. The van der Waals surface area contributed by atoms with Gasteiger partial charge in [-0.25, -0.2) is 0 Å². The second-order valence-corrected chi connectivity index (χ2v) is 6.28. The van der Waals surface area contributed by atoms with Gasteiger partial charge in [0.15, 0.2) is 17.3 Å². The number of rotatable bonds is 11. The minimum atomic E-state index is -0.239.